The molecule has 32 heavy (non-hydrogen) atoms. The molecule has 0 spiro atoms. The van der Waals surface area contributed by atoms with Crippen molar-refractivity contribution in [3.63, 3.8) is 0 Å². The van der Waals surface area contributed by atoms with Gasteiger partial charge in [0.2, 0.25) is 0 Å². The molecule has 5 rings (SSSR count). The number of hydrogen-bond acceptors (Lipinski definition) is 5. The van der Waals surface area contributed by atoms with Gasteiger partial charge in [0.15, 0.2) is 0 Å². The first kappa shape index (κ1) is 20.3. The Morgan fingerprint density at radius 2 is 1.97 bits per heavy atom. The zero-order chi connectivity index (χ0) is 22.1. The van der Waals surface area contributed by atoms with Crippen molar-refractivity contribution in [1.29, 1.82) is 0 Å². The summed E-state index contributed by atoms with van der Waals surface area (Å²) in [5.41, 5.74) is 4.09. The molecule has 0 radical (unpaired) electrons. The predicted octanol–water partition coefficient (Wildman–Crippen LogP) is 5.51. The summed E-state index contributed by atoms with van der Waals surface area (Å²) in [6.45, 7) is 2.68. The van der Waals surface area contributed by atoms with Crippen molar-refractivity contribution in [3.05, 3.63) is 82.8 Å². The Bertz CT molecular complexity index is 1260. The van der Waals surface area contributed by atoms with E-state index >= 15 is 0 Å². The Labute approximate surface area is 190 Å². The fraction of sp³-hybridized carbons (Fsp3) is 0.208. The average Bonchev–Trinajstić information content (AvgIpc) is 3.18. The number of hydrogen-bond donors (Lipinski definition) is 1. The molecule has 0 bridgehead atoms. The number of H-pyrrole nitrogens is 1. The highest BCUT2D eigenvalue weighted by Gasteiger charge is 2.35. The number of carbonyl (C=O) groups is 1. The monoisotopic (exact) mass is 448 g/mol. The Morgan fingerprint density at radius 3 is 2.72 bits per heavy atom. The maximum absolute atomic E-state index is 12.8. The number of ether oxygens (including phenoxy) is 2. The van der Waals surface area contributed by atoms with Gasteiger partial charge in [-0.05, 0) is 60.9 Å². The highest BCUT2D eigenvalue weighted by molar-refractivity contribution is 6.31. The van der Waals surface area contributed by atoms with Gasteiger partial charge in [-0.1, -0.05) is 23.7 Å². The van der Waals surface area contributed by atoms with Crippen LogP contribution < -0.4 is 4.74 Å². The molecule has 1 amide bonds. The quantitative estimate of drug-likeness (QED) is 0.445. The highest BCUT2D eigenvalue weighted by atomic mass is 35.5. The van der Waals surface area contributed by atoms with Gasteiger partial charge in [0.25, 0.3) is 0 Å². The number of nitrogens with one attached hydrogen (secondary N) is 1. The third-order valence-electron chi connectivity index (χ3n) is 5.54. The molecule has 1 N–H and O–H groups in total. The summed E-state index contributed by atoms with van der Waals surface area (Å²) in [6.07, 6.45) is 3.63. The van der Waals surface area contributed by atoms with Crippen molar-refractivity contribution in [2.75, 3.05) is 13.2 Å². The van der Waals surface area contributed by atoms with Crippen LogP contribution in [0.4, 0.5) is 4.79 Å². The molecule has 3 heterocycles. The van der Waals surface area contributed by atoms with Gasteiger partial charge in [0.1, 0.15) is 11.8 Å². The van der Waals surface area contributed by atoms with Gasteiger partial charge in [-0.25, -0.2) is 14.8 Å². The number of amides is 1. The average molecular weight is 449 g/mol. The first-order valence-electron chi connectivity index (χ1n) is 10.4. The van der Waals surface area contributed by atoms with Crippen LogP contribution in [-0.2, 0) is 11.2 Å². The number of carbonyl (C=O) groups excluding carboxylic acids is 1. The first-order valence-corrected chi connectivity index (χ1v) is 10.8. The SMILES string of the molecule is CCOC(=O)N1CCc2c([nH]c3ccc(Cl)cc23)C1c1ccc(Oc2ncccn2)cc1. The van der Waals surface area contributed by atoms with Gasteiger partial charge >= 0.3 is 12.1 Å². The zero-order valence-corrected chi connectivity index (χ0v) is 18.2. The van der Waals surface area contributed by atoms with Crippen molar-refractivity contribution in [1.82, 2.24) is 19.9 Å². The van der Waals surface area contributed by atoms with Gasteiger partial charge in [0, 0.05) is 40.6 Å². The minimum Gasteiger partial charge on any atom is -0.450 e. The van der Waals surface area contributed by atoms with Crippen molar-refractivity contribution < 1.29 is 14.3 Å². The second-order valence-electron chi connectivity index (χ2n) is 7.45. The number of halogens is 1. The molecular formula is C24H21ClN4O3. The molecule has 2 aromatic heterocycles. The van der Waals surface area contributed by atoms with Crippen LogP contribution in [0.25, 0.3) is 10.9 Å². The number of aromatic nitrogens is 3. The fourth-order valence-corrected chi connectivity index (χ4v) is 4.34. The van der Waals surface area contributed by atoms with Gasteiger partial charge in [-0.2, -0.15) is 0 Å². The summed E-state index contributed by atoms with van der Waals surface area (Å²) in [4.78, 5) is 26.2. The summed E-state index contributed by atoms with van der Waals surface area (Å²) >= 11 is 6.25. The van der Waals surface area contributed by atoms with Crippen molar-refractivity contribution in [2.45, 2.75) is 19.4 Å². The van der Waals surface area contributed by atoms with E-state index in [1.807, 2.05) is 49.4 Å². The molecule has 8 heteroatoms. The molecule has 0 saturated carbocycles. The van der Waals surface area contributed by atoms with Gasteiger partial charge in [-0.15, -0.1) is 0 Å². The second kappa shape index (κ2) is 8.51. The summed E-state index contributed by atoms with van der Waals surface area (Å²) in [5.74, 6) is 0.613. The fourth-order valence-electron chi connectivity index (χ4n) is 4.17. The predicted molar refractivity (Wildman–Crippen MR) is 121 cm³/mol. The van der Waals surface area contributed by atoms with Crippen LogP contribution >= 0.6 is 11.6 Å². The Kier molecular flexibility index (Phi) is 5.41. The Hall–Kier alpha value is -3.58. The van der Waals surface area contributed by atoms with E-state index in [0.717, 1.165) is 28.6 Å². The van der Waals surface area contributed by atoms with E-state index in [2.05, 4.69) is 15.0 Å². The Balaban J connectivity index is 1.54. The minimum absolute atomic E-state index is 0.279. The number of rotatable bonds is 4. The van der Waals surface area contributed by atoms with Crippen molar-refractivity contribution in [2.24, 2.45) is 0 Å². The normalized spacial score (nSPS) is 15.4. The molecule has 1 atom stereocenters. The third-order valence-corrected chi connectivity index (χ3v) is 5.77. The van der Waals surface area contributed by atoms with Crippen LogP contribution in [0.5, 0.6) is 11.8 Å². The number of nitrogens with zero attached hydrogens (tertiary/aromatic N) is 3. The lowest BCUT2D eigenvalue weighted by Gasteiger charge is -2.35. The molecule has 0 aliphatic carbocycles. The van der Waals surface area contributed by atoms with Gasteiger partial charge < -0.3 is 14.5 Å². The molecule has 4 aromatic rings. The molecule has 1 unspecified atom stereocenters. The standard InChI is InChI=1S/C24H21ClN4O3/c1-2-31-24(30)29-13-10-18-19-14-16(25)6-9-20(19)28-21(18)22(29)15-4-7-17(8-5-15)32-23-26-11-3-12-27-23/h3-9,11-12,14,22,28H,2,10,13H2,1H3. The lowest BCUT2D eigenvalue weighted by atomic mass is 9.92. The number of aromatic amines is 1. The van der Waals surface area contributed by atoms with Crippen LogP contribution in [-0.4, -0.2) is 39.1 Å². The van der Waals surface area contributed by atoms with Crippen LogP contribution in [0.3, 0.4) is 0 Å². The Morgan fingerprint density at radius 1 is 1.19 bits per heavy atom. The van der Waals surface area contributed by atoms with E-state index in [1.54, 1.807) is 23.4 Å². The largest absolute Gasteiger partial charge is 0.450 e. The molecule has 1 aliphatic heterocycles. The van der Waals surface area contributed by atoms with E-state index in [9.17, 15) is 4.79 Å². The molecule has 1 aliphatic rings. The molecule has 7 nitrogen and oxygen atoms in total. The summed E-state index contributed by atoms with van der Waals surface area (Å²) in [7, 11) is 0. The van der Waals surface area contributed by atoms with Crippen LogP contribution in [0.2, 0.25) is 5.02 Å². The summed E-state index contributed by atoms with van der Waals surface area (Å²) in [6, 6.07) is 15.1. The van der Waals surface area contributed by atoms with Crippen molar-refractivity contribution >= 4 is 28.6 Å². The van der Waals surface area contributed by atoms with Crippen LogP contribution in [0.1, 0.15) is 29.8 Å². The topological polar surface area (TPSA) is 80.3 Å². The maximum Gasteiger partial charge on any atom is 0.410 e. The van der Waals surface area contributed by atoms with Gasteiger partial charge in [-0.3, -0.25) is 4.90 Å². The summed E-state index contributed by atoms with van der Waals surface area (Å²) < 4.78 is 11.1. The van der Waals surface area contributed by atoms with E-state index in [0.29, 0.717) is 23.9 Å². The van der Waals surface area contributed by atoms with E-state index in [1.165, 1.54) is 5.56 Å². The van der Waals surface area contributed by atoms with E-state index < -0.39 is 0 Å². The molecule has 0 saturated heterocycles. The van der Waals surface area contributed by atoms with Crippen LogP contribution in [0, 0.1) is 0 Å². The molecule has 162 valence electrons. The number of fused-ring (bicyclic) bond motifs is 3. The van der Waals surface area contributed by atoms with E-state index in [4.69, 9.17) is 21.1 Å². The molecular weight excluding hydrogens is 428 g/mol. The zero-order valence-electron chi connectivity index (χ0n) is 17.4. The molecule has 0 fully saturated rings. The van der Waals surface area contributed by atoms with Crippen molar-refractivity contribution in [3.8, 4) is 11.8 Å². The minimum atomic E-state index is -0.335. The lowest BCUT2D eigenvalue weighted by molar-refractivity contribution is 0.0932. The number of benzene rings is 2. The van der Waals surface area contributed by atoms with Gasteiger partial charge in [0.05, 0.1) is 6.61 Å². The first-order chi connectivity index (χ1) is 15.6. The smallest absolute Gasteiger partial charge is 0.410 e. The summed E-state index contributed by atoms with van der Waals surface area (Å²) in [5, 5.41) is 1.77. The van der Waals surface area contributed by atoms with Crippen LogP contribution in [0.15, 0.2) is 60.9 Å². The third kappa shape index (κ3) is 3.76. The molecule has 2 aromatic carbocycles. The lowest BCUT2D eigenvalue weighted by Crippen LogP contribution is -2.40. The maximum atomic E-state index is 12.8. The van der Waals surface area contributed by atoms with E-state index in [-0.39, 0.29) is 18.1 Å². The highest BCUT2D eigenvalue weighted by Crippen LogP contribution is 2.39. The second-order valence-corrected chi connectivity index (χ2v) is 7.89.